The molecule has 0 radical (unpaired) electrons. The highest BCUT2D eigenvalue weighted by Gasteiger charge is 2.35. The molecule has 3 heterocycles. The van der Waals surface area contributed by atoms with Crippen molar-refractivity contribution >= 4 is 23.9 Å². The zero-order chi connectivity index (χ0) is 20.4. The van der Waals surface area contributed by atoms with Crippen molar-refractivity contribution < 1.29 is 34.2 Å². The third kappa shape index (κ3) is 3.93. The van der Waals surface area contributed by atoms with Gasteiger partial charge in [-0.1, -0.05) is 0 Å². The van der Waals surface area contributed by atoms with Crippen molar-refractivity contribution in [2.45, 2.75) is 37.7 Å². The van der Waals surface area contributed by atoms with Crippen molar-refractivity contribution in [2.24, 2.45) is 0 Å². The molecule has 12 nitrogen and oxygen atoms in total. The molecule has 2 fully saturated rings. The number of hydrogen-bond acceptors (Lipinski definition) is 9. The summed E-state index contributed by atoms with van der Waals surface area (Å²) in [4.78, 5) is 65.2. The molecule has 2 saturated heterocycles. The zero-order valence-corrected chi connectivity index (χ0v) is 14.4. The number of aliphatic hydroxyl groups is 2. The van der Waals surface area contributed by atoms with Gasteiger partial charge in [0.15, 0.2) is 0 Å². The molecule has 2 aliphatic heterocycles. The maximum absolute atomic E-state index is 12.0. The number of nitrogens with one attached hydrogen (secondary N) is 1. The van der Waals surface area contributed by atoms with Gasteiger partial charge in [0.05, 0.1) is 18.3 Å². The first-order valence-electron chi connectivity index (χ1n) is 8.35. The standard InChI is InChI=1S/C16H17N3O9/c20-7-10-9(21)5-13(27-10)18-6-8(15(25)17-16(18)26)1-4-14(24)28-19-11(22)2-3-12(19)23/h1,4,6,9-10,13,20-21H,2-3,5,7H2,(H,17,25,26)/b4-1+. The maximum Gasteiger partial charge on any atom is 0.356 e. The van der Waals surface area contributed by atoms with Gasteiger partial charge in [0, 0.05) is 31.5 Å². The van der Waals surface area contributed by atoms with Crippen molar-refractivity contribution in [3.63, 3.8) is 0 Å². The van der Waals surface area contributed by atoms with Gasteiger partial charge in [0.1, 0.15) is 12.3 Å². The molecule has 150 valence electrons. The zero-order valence-electron chi connectivity index (χ0n) is 14.4. The van der Waals surface area contributed by atoms with E-state index < -0.39 is 54.1 Å². The number of carbonyl (C=O) groups is 3. The van der Waals surface area contributed by atoms with Gasteiger partial charge in [-0.2, -0.15) is 0 Å². The first-order chi connectivity index (χ1) is 13.3. The van der Waals surface area contributed by atoms with E-state index in [1.54, 1.807) is 0 Å². The van der Waals surface area contributed by atoms with E-state index in [1.165, 1.54) is 0 Å². The Morgan fingerprint density at radius 1 is 1.29 bits per heavy atom. The number of imide groups is 1. The van der Waals surface area contributed by atoms with Crippen molar-refractivity contribution in [3.05, 3.63) is 38.7 Å². The molecule has 3 unspecified atom stereocenters. The van der Waals surface area contributed by atoms with Gasteiger partial charge in [0.2, 0.25) is 0 Å². The van der Waals surface area contributed by atoms with Gasteiger partial charge in [-0.25, -0.2) is 9.59 Å². The minimum Gasteiger partial charge on any atom is -0.394 e. The number of aliphatic hydroxyl groups excluding tert-OH is 2. The summed E-state index contributed by atoms with van der Waals surface area (Å²) in [6.07, 6.45) is 0.110. The average Bonchev–Trinajstić information content (AvgIpc) is 3.17. The van der Waals surface area contributed by atoms with Crippen LogP contribution in [0.4, 0.5) is 0 Å². The average molecular weight is 395 g/mol. The van der Waals surface area contributed by atoms with Crippen LogP contribution in [0.3, 0.4) is 0 Å². The van der Waals surface area contributed by atoms with Crippen LogP contribution in [0.2, 0.25) is 0 Å². The van der Waals surface area contributed by atoms with Gasteiger partial charge in [-0.15, -0.1) is 5.06 Å². The fraction of sp³-hybridized carbons (Fsp3) is 0.438. The molecule has 0 aromatic carbocycles. The normalized spacial score (nSPS) is 25.1. The summed E-state index contributed by atoms with van der Waals surface area (Å²) in [5, 5.41) is 19.3. The molecule has 0 aliphatic carbocycles. The number of hydroxylamine groups is 2. The number of ether oxygens (including phenoxy) is 1. The number of aromatic nitrogens is 2. The molecule has 1 aromatic rings. The summed E-state index contributed by atoms with van der Waals surface area (Å²) in [6, 6.07) is 0. The van der Waals surface area contributed by atoms with Crippen LogP contribution in [0.15, 0.2) is 21.9 Å². The molecule has 3 atom stereocenters. The highest BCUT2D eigenvalue weighted by Crippen LogP contribution is 2.27. The van der Waals surface area contributed by atoms with Gasteiger partial charge in [0.25, 0.3) is 17.4 Å². The molecule has 2 aliphatic rings. The first kappa shape index (κ1) is 19.7. The Bertz CT molecular complexity index is 931. The Labute approximate surface area is 156 Å². The number of aromatic amines is 1. The molecule has 0 bridgehead atoms. The summed E-state index contributed by atoms with van der Waals surface area (Å²) in [6.45, 7) is -0.442. The number of rotatable bonds is 5. The third-order valence-corrected chi connectivity index (χ3v) is 4.28. The fourth-order valence-corrected chi connectivity index (χ4v) is 2.82. The predicted octanol–water partition coefficient (Wildman–Crippen LogP) is -2.20. The molecular weight excluding hydrogens is 378 g/mol. The van der Waals surface area contributed by atoms with Crippen molar-refractivity contribution in [2.75, 3.05) is 6.61 Å². The molecule has 0 saturated carbocycles. The second-order valence-electron chi connectivity index (χ2n) is 6.19. The van der Waals surface area contributed by atoms with Crippen LogP contribution in [0.25, 0.3) is 6.08 Å². The Morgan fingerprint density at radius 3 is 2.57 bits per heavy atom. The number of amides is 2. The lowest BCUT2D eigenvalue weighted by molar-refractivity contribution is -0.193. The monoisotopic (exact) mass is 395 g/mol. The van der Waals surface area contributed by atoms with E-state index in [-0.39, 0.29) is 24.8 Å². The Hall–Kier alpha value is -3.09. The summed E-state index contributed by atoms with van der Waals surface area (Å²) < 4.78 is 6.38. The van der Waals surface area contributed by atoms with Crippen LogP contribution in [0.5, 0.6) is 0 Å². The van der Waals surface area contributed by atoms with E-state index in [0.29, 0.717) is 5.06 Å². The smallest absolute Gasteiger partial charge is 0.356 e. The van der Waals surface area contributed by atoms with E-state index in [2.05, 4.69) is 4.84 Å². The minimum atomic E-state index is -1.06. The van der Waals surface area contributed by atoms with Crippen LogP contribution < -0.4 is 11.2 Å². The SMILES string of the molecule is O=C(/C=C/c1cn(C2CC(O)C(CO)O2)c(=O)[nH]c1=O)ON1C(=O)CCC1=O. The van der Waals surface area contributed by atoms with Crippen molar-refractivity contribution in [1.82, 2.24) is 14.6 Å². The molecule has 3 rings (SSSR count). The predicted molar refractivity (Wildman–Crippen MR) is 89.2 cm³/mol. The van der Waals surface area contributed by atoms with Crippen molar-refractivity contribution in [1.29, 1.82) is 0 Å². The molecule has 2 amide bonds. The van der Waals surface area contributed by atoms with E-state index in [9.17, 15) is 29.1 Å². The Balaban J connectivity index is 1.77. The van der Waals surface area contributed by atoms with E-state index in [0.717, 1.165) is 22.9 Å². The van der Waals surface area contributed by atoms with E-state index in [4.69, 9.17) is 9.84 Å². The van der Waals surface area contributed by atoms with Crippen LogP contribution in [-0.4, -0.2) is 61.4 Å². The number of hydrogen-bond donors (Lipinski definition) is 3. The fourth-order valence-electron chi connectivity index (χ4n) is 2.82. The number of nitrogens with zero attached hydrogens (tertiary/aromatic N) is 2. The van der Waals surface area contributed by atoms with E-state index >= 15 is 0 Å². The van der Waals surface area contributed by atoms with Crippen molar-refractivity contribution in [3.8, 4) is 0 Å². The lowest BCUT2D eigenvalue weighted by Crippen LogP contribution is -2.33. The molecule has 1 aromatic heterocycles. The van der Waals surface area contributed by atoms with Crippen LogP contribution >= 0.6 is 0 Å². The molecule has 28 heavy (non-hydrogen) atoms. The largest absolute Gasteiger partial charge is 0.394 e. The molecule has 12 heteroatoms. The van der Waals surface area contributed by atoms with Crippen LogP contribution in [0, 0.1) is 0 Å². The highest BCUT2D eigenvalue weighted by atomic mass is 16.7. The van der Waals surface area contributed by atoms with Crippen LogP contribution in [0.1, 0.15) is 31.1 Å². The summed E-state index contributed by atoms with van der Waals surface area (Å²) >= 11 is 0. The van der Waals surface area contributed by atoms with Crippen LogP contribution in [-0.2, 0) is 24.0 Å². The maximum atomic E-state index is 12.0. The van der Waals surface area contributed by atoms with E-state index in [1.807, 2.05) is 4.98 Å². The van der Waals surface area contributed by atoms with Gasteiger partial charge < -0.3 is 19.8 Å². The summed E-state index contributed by atoms with van der Waals surface area (Å²) in [5.74, 6) is -2.35. The molecule has 0 spiro atoms. The third-order valence-electron chi connectivity index (χ3n) is 4.28. The summed E-state index contributed by atoms with van der Waals surface area (Å²) in [7, 11) is 0. The molecular formula is C16H17N3O9. The highest BCUT2D eigenvalue weighted by molar-refractivity contribution is 6.02. The lowest BCUT2D eigenvalue weighted by atomic mass is 10.2. The minimum absolute atomic E-state index is 0.0154. The number of H-pyrrole nitrogens is 1. The number of carbonyl (C=O) groups excluding carboxylic acids is 3. The second kappa shape index (κ2) is 7.88. The topological polar surface area (TPSA) is 168 Å². The molecule has 3 N–H and O–H groups in total. The first-order valence-corrected chi connectivity index (χ1v) is 8.35. The second-order valence-corrected chi connectivity index (χ2v) is 6.19. The Morgan fingerprint density at radius 2 is 1.96 bits per heavy atom. The van der Waals surface area contributed by atoms with Gasteiger partial charge in [-0.3, -0.25) is 23.9 Å². The lowest BCUT2D eigenvalue weighted by Gasteiger charge is -2.14. The van der Waals surface area contributed by atoms with Gasteiger partial charge in [-0.05, 0) is 6.08 Å². The van der Waals surface area contributed by atoms with Gasteiger partial charge >= 0.3 is 11.7 Å². The quantitative estimate of drug-likeness (QED) is 0.370. The Kier molecular flexibility index (Phi) is 5.53. The summed E-state index contributed by atoms with van der Waals surface area (Å²) in [5.41, 5.74) is -1.70.